The molecule has 0 unspecified atom stereocenters. The van der Waals surface area contributed by atoms with Crippen LogP contribution in [0.1, 0.15) is 11.1 Å². The molecule has 0 saturated heterocycles. The summed E-state index contributed by atoms with van der Waals surface area (Å²) in [5, 5.41) is 2.52. The van der Waals surface area contributed by atoms with Crippen molar-refractivity contribution in [3.63, 3.8) is 0 Å². The zero-order valence-electron chi connectivity index (χ0n) is 13.7. The molecule has 2 rings (SSSR count). The van der Waals surface area contributed by atoms with Gasteiger partial charge in [-0.3, -0.25) is 14.6 Å². The Hall–Kier alpha value is -2.96. The zero-order chi connectivity index (χ0) is 17.7. The molecular weight excluding hydrogens is 313 g/mol. The predicted molar refractivity (Wildman–Crippen MR) is 87.0 cm³/mol. The van der Waals surface area contributed by atoms with Crippen LogP contribution in [-0.2, 0) is 16.1 Å². The van der Waals surface area contributed by atoms with E-state index in [9.17, 15) is 14.0 Å². The lowest BCUT2D eigenvalue weighted by Gasteiger charge is -2.17. The van der Waals surface area contributed by atoms with Gasteiger partial charge in [0.1, 0.15) is 0 Å². The van der Waals surface area contributed by atoms with Crippen molar-refractivity contribution in [3.05, 3.63) is 53.6 Å². The highest BCUT2D eigenvalue weighted by atomic mass is 19.1. The first-order valence-electron chi connectivity index (χ1n) is 7.22. The highest BCUT2D eigenvalue weighted by molar-refractivity contribution is 6.39. The van der Waals surface area contributed by atoms with E-state index in [-0.39, 0.29) is 12.3 Å². The lowest BCUT2D eigenvalue weighted by Crippen LogP contribution is -2.36. The van der Waals surface area contributed by atoms with Crippen LogP contribution in [0.15, 0.2) is 36.7 Å². The Labute approximate surface area is 139 Å². The fraction of sp³-hybridized carbons (Fsp3) is 0.235. The number of rotatable bonds is 4. The van der Waals surface area contributed by atoms with E-state index in [1.807, 2.05) is 0 Å². The Morgan fingerprint density at radius 2 is 2.08 bits per heavy atom. The van der Waals surface area contributed by atoms with E-state index >= 15 is 0 Å². The van der Waals surface area contributed by atoms with E-state index in [1.54, 1.807) is 25.3 Å². The number of carbonyl (C=O) groups is 2. The Bertz CT molecular complexity index is 764. The molecule has 1 heterocycles. The summed E-state index contributed by atoms with van der Waals surface area (Å²) in [5.41, 5.74) is 1.82. The summed E-state index contributed by atoms with van der Waals surface area (Å²) in [5.74, 6) is -1.90. The van der Waals surface area contributed by atoms with Crippen LogP contribution in [0.3, 0.4) is 0 Å². The molecule has 0 aliphatic rings. The zero-order valence-corrected chi connectivity index (χ0v) is 13.7. The number of benzene rings is 1. The van der Waals surface area contributed by atoms with Gasteiger partial charge in [0.15, 0.2) is 11.6 Å². The minimum atomic E-state index is -0.775. The molecule has 0 saturated carbocycles. The summed E-state index contributed by atoms with van der Waals surface area (Å²) in [4.78, 5) is 29.3. The number of anilines is 1. The second-order valence-corrected chi connectivity index (χ2v) is 5.27. The van der Waals surface area contributed by atoms with Crippen LogP contribution in [0, 0.1) is 12.7 Å². The molecule has 0 spiro atoms. The van der Waals surface area contributed by atoms with Crippen LogP contribution < -0.4 is 10.1 Å². The van der Waals surface area contributed by atoms with Crippen molar-refractivity contribution in [3.8, 4) is 5.75 Å². The molecule has 0 aliphatic heterocycles. The molecule has 0 radical (unpaired) electrons. The van der Waals surface area contributed by atoms with E-state index in [4.69, 9.17) is 4.74 Å². The second kappa shape index (κ2) is 7.54. The molecule has 0 aliphatic carbocycles. The van der Waals surface area contributed by atoms with Crippen molar-refractivity contribution in [1.82, 2.24) is 9.88 Å². The first kappa shape index (κ1) is 17.4. The number of hydrogen-bond acceptors (Lipinski definition) is 4. The third-order valence-electron chi connectivity index (χ3n) is 3.46. The van der Waals surface area contributed by atoms with Crippen molar-refractivity contribution in [2.24, 2.45) is 0 Å². The number of pyridine rings is 1. The summed E-state index contributed by atoms with van der Waals surface area (Å²) >= 11 is 0. The van der Waals surface area contributed by atoms with Crippen molar-refractivity contribution in [2.75, 3.05) is 19.5 Å². The van der Waals surface area contributed by atoms with Crippen molar-refractivity contribution >= 4 is 17.5 Å². The highest BCUT2D eigenvalue weighted by Crippen LogP contribution is 2.18. The summed E-state index contributed by atoms with van der Waals surface area (Å²) in [6.45, 7) is 1.89. The predicted octanol–water partition coefficient (Wildman–Crippen LogP) is 2.13. The van der Waals surface area contributed by atoms with Gasteiger partial charge in [-0.15, -0.1) is 0 Å². The van der Waals surface area contributed by atoms with Gasteiger partial charge in [0, 0.05) is 19.8 Å². The first-order valence-corrected chi connectivity index (χ1v) is 7.22. The lowest BCUT2D eigenvalue weighted by molar-refractivity contribution is -0.142. The third kappa shape index (κ3) is 4.07. The fourth-order valence-corrected chi connectivity index (χ4v) is 2.10. The molecule has 0 bridgehead atoms. The van der Waals surface area contributed by atoms with E-state index in [0.29, 0.717) is 11.3 Å². The molecule has 0 atom stereocenters. The van der Waals surface area contributed by atoms with Crippen molar-refractivity contribution < 1.29 is 18.7 Å². The standard InChI is InChI=1S/C17H18FN3O3/c1-11-6-7-19-9-14(11)20-16(22)17(23)21(2)10-12-4-5-15(24-3)13(18)8-12/h4-9H,10H2,1-3H3,(H,20,22). The number of nitrogens with one attached hydrogen (secondary N) is 1. The second-order valence-electron chi connectivity index (χ2n) is 5.27. The number of nitrogens with zero attached hydrogens (tertiary/aromatic N) is 2. The van der Waals surface area contributed by atoms with Crippen molar-refractivity contribution in [2.45, 2.75) is 13.5 Å². The van der Waals surface area contributed by atoms with Crippen LogP contribution in [0.4, 0.5) is 10.1 Å². The van der Waals surface area contributed by atoms with Gasteiger partial charge in [0.2, 0.25) is 0 Å². The Balaban J connectivity index is 2.02. The lowest BCUT2D eigenvalue weighted by atomic mass is 10.2. The van der Waals surface area contributed by atoms with E-state index in [2.05, 4.69) is 10.3 Å². The van der Waals surface area contributed by atoms with Crippen LogP contribution in [-0.4, -0.2) is 35.9 Å². The van der Waals surface area contributed by atoms with Crippen LogP contribution in [0.2, 0.25) is 0 Å². The maximum Gasteiger partial charge on any atom is 0.313 e. The number of methoxy groups -OCH3 is 1. The Morgan fingerprint density at radius 3 is 2.71 bits per heavy atom. The van der Waals surface area contributed by atoms with Gasteiger partial charge in [-0.25, -0.2) is 4.39 Å². The molecule has 2 aromatic rings. The number of amides is 2. The minimum absolute atomic E-state index is 0.0964. The maximum absolute atomic E-state index is 13.7. The summed E-state index contributed by atoms with van der Waals surface area (Å²) in [6.07, 6.45) is 3.07. The number of halogens is 1. The molecule has 0 fully saturated rings. The first-order chi connectivity index (χ1) is 11.4. The van der Waals surface area contributed by atoms with Crippen LogP contribution in [0.5, 0.6) is 5.75 Å². The monoisotopic (exact) mass is 331 g/mol. The largest absolute Gasteiger partial charge is 0.494 e. The Kier molecular flexibility index (Phi) is 5.47. The van der Waals surface area contributed by atoms with E-state index in [1.165, 1.54) is 37.4 Å². The minimum Gasteiger partial charge on any atom is -0.494 e. The molecule has 1 aromatic heterocycles. The normalized spacial score (nSPS) is 10.2. The molecular formula is C17H18FN3O3. The van der Waals surface area contributed by atoms with Gasteiger partial charge in [0.05, 0.1) is 19.0 Å². The number of carbonyl (C=O) groups excluding carboxylic acids is 2. The maximum atomic E-state index is 13.7. The molecule has 1 aromatic carbocycles. The SMILES string of the molecule is COc1ccc(CN(C)C(=O)C(=O)Nc2cnccc2C)cc1F. The van der Waals surface area contributed by atoms with Crippen molar-refractivity contribution in [1.29, 1.82) is 0 Å². The number of ether oxygens (including phenoxy) is 1. The third-order valence-corrected chi connectivity index (χ3v) is 3.46. The summed E-state index contributed by atoms with van der Waals surface area (Å²) < 4.78 is 18.5. The number of aryl methyl sites for hydroxylation is 1. The molecule has 7 heteroatoms. The van der Waals surface area contributed by atoms with E-state index in [0.717, 1.165) is 5.56 Å². The molecule has 2 amide bonds. The van der Waals surface area contributed by atoms with Gasteiger partial charge in [-0.2, -0.15) is 0 Å². The van der Waals surface area contributed by atoms with Gasteiger partial charge in [-0.1, -0.05) is 6.07 Å². The topological polar surface area (TPSA) is 71.5 Å². The molecule has 24 heavy (non-hydrogen) atoms. The summed E-state index contributed by atoms with van der Waals surface area (Å²) in [7, 11) is 2.85. The average Bonchev–Trinajstić information content (AvgIpc) is 2.56. The number of hydrogen-bond donors (Lipinski definition) is 1. The van der Waals surface area contributed by atoms with Gasteiger partial charge >= 0.3 is 11.8 Å². The average molecular weight is 331 g/mol. The Morgan fingerprint density at radius 1 is 1.33 bits per heavy atom. The summed E-state index contributed by atoms with van der Waals surface area (Å²) in [6, 6.07) is 6.10. The molecule has 126 valence electrons. The molecule has 1 N–H and O–H groups in total. The quantitative estimate of drug-likeness (QED) is 0.871. The molecule has 6 nitrogen and oxygen atoms in total. The van der Waals surface area contributed by atoms with Crippen LogP contribution >= 0.6 is 0 Å². The van der Waals surface area contributed by atoms with Crippen LogP contribution in [0.25, 0.3) is 0 Å². The number of likely N-dealkylation sites (N-methyl/N-ethyl adjacent to an activating group) is 1. The van der Waals surface area contributed by atoms with Gasteiger partial charge in [0.25, 0.3) is 0 Å². The number of aromatic nitrogens is 1. The van der Waals surface area contributed by atoms with E-state index < -0.39 is 17.6 Å². The smallest absolute Gasteiger partial charge is 0.313 e. The van der Waals surface area contributed by atoms with Gasteiger partial charge in [-0.05, 0) is 36.2 Å². The van der Waals surface area contributed by atoms with Gasteiger partial charge < -0.3 is 15.0 Å². The highest BCUT2D eigenvalue weighted by Gasteiger charge is 2.20. The fourth-order valence-electron chi connectivity index (χ4n) is 2.10.